The van der Waals surface area contributed by atoms with Crippen LogP contribution in [-0.4, -0.2) is 27.1 Å². The summed E-state index contributed by atoms with van der Waals surface area (Å²) in [4.78, 5) is 30.1. The van der Waals surface area contributed by atoms with Gasteiger partial charge in [-0.15, -0.1) is 0 Å². The maximum absolute atomic E-state index is 12.1. The van der Waals surface area contributed by atoms with Crippen LogP contribution in [-0.2, 0) is 0 Å². The number of hydrogen-bond acceptors (Lipinski definition) is 6. The fraction of sp³-hybridized carbons (Fsp3) is 0.227. The molecule has 1 aliphatic carbocycles. The van der Waals surface area contributed by atoms with Crippen molar-refractivity contribution in [2.75, 3.05) is 11.5 Å². The molecule has 0 amide bonds. The highest BCUT2D eigenvalue weighted by atomic mass is 16.5. The number of carboxylic acid groups (broad SMARTS) is 1. The molecule has 0 saturated heterocycles. The molecule has 1 saturated carbocycles. The highest BCUT2D eigenvalue weighted by Gasteiger charge is 2.20. The third-order valence-electron chi connectivity index (χ3n) is 5.28. The number of rotatable bonds is 5. The Morgan fingerprint density at radius 2 is 1.73 bits per heavy atom. The summed E-state index contributed by atoms with van der Waals surface area (Å²) in [5, 5.41) is 9.10. The first-order chi connectivity index (χ1) is 14.4. The average molecular weight is 406 g/mol. The molecule has 0 aliphatic heterocycles. The predicted molar refractivity (Wildman–Crippen MR) is 114 cm³/mol. The van der Waals surface area contributed by atoms with Gasteiger partial charge in [0.2, 0.25) is 0 Å². The minimum Gasteiger partial charge on any atom is -0.490 e. The summed E-state index contributed by atoms with van der Waals surface area (Å²) < 4.78 is 6.27. The van der Waals surface area contributed by atoms with Crippen molar-refractivity contribution in [3.8, 4) is 28.3 Å². The van der Waals surface area contributed by atoms with Crippen LogP contribution in [0.1, 0.15) is 36.0 Å². The van der Waals surface area contributed by atoms with Gasteiger partial charge in [0.15, 0.2) is 5.82 Å². The summed E-state index contributed by atoms with van der Waals surface area (Å²) in [6.45, 7) is 0. The van der Waals surface area contributed by atoms with E-state index in [1.807, 2.05) is 12.1 Å². The lowest BCUT2D eigenvalue weighted by molar-refractivity contribution is 0.0697. The summed E-state index contributed by atoms with van der Waals surface area (Å²) in [6.07, 6.45) is 4.24. The van der Waals surface area contributed by atoms with E-state index in [0.717, 1.165) is 36.8 Å². The lowest BCUT2D eigenvalue weighted by atomic mass is 10.0. The number of nitrogens with two attached hydrogens (primary N) is 2. The van der Waals surface area contributed by atoms with Gasteiger partial charge in [-0.25, -0.2) is 9.78 Å². The van der Waals surface area contributed by atoms with E-state index < -0.39 is 11.5 Å². The third-order valence-corrected chi connectivity index (χ3v) is 5.28. The molecule has 3 aromatic rings. The largest absolute Gasteiger partial charge is 0.490 e. The Kier molecular flexibility index (Phi) is 5.14. The standard InChI is InChI=1S/C22H22N4O4/c23-18-19(24)25-20(26-21(18)27)16-10-9-14(11-17(16)30-15-3-1-2-4-15)12-5-7-13(8-6-12)22(28)29/h5-11,15H,1-4,23H2,(H,28,29)(H3,24,25,26,27). The van der Waals surface area contributed by atoms with E-state index >= 15 is 0 Å². The first-order valence-corrected chi connectivity index (χ1v) is 9.72. The van der Waals surface area contributed by atoms with E-state index in [0.29, 0.717) is 11.3 Å². The number of nitrogens with zero attached hydrogens (tertiary/aromatic N) is 1. The van der Waals surface area contributed by atoms with Crippen molar-refractivity contribution >= 4 is 17.5 Å². The van der Waals surface area contributed by atoms with Gasteiger partial charge < -0.3 is 26.3 Å². The summed E-state index contributed by atoms with van der Waals surface area (Å²) in [6, 6.07) is 12.2. The SMILES string of the molecule is Nc1nc(-c2ccc(-c3ccc(C(=O)O)cc3)cc2OC2CCCC2)[nH]c(=O)c1N. The number of carbonyl (C=O) groups is 1. The van der Waals surface area contributed by atoms with Crippen molar-refractivity contribution in [1.82, 2.24) is 9.97 Å². The summed E-state index contributed by atoms with van der Waals surface area (Å²) in [7, 11) is 0. The summed E-state index contributed by atoms with van der Waals surface area (Å²) >= 11 is 0. The Bertz CT molecular complexity index is 1150. The molecule has 8 heteroatoms. The second kappa shape index (κ2) is 7.90. The van der Waals surface area contributed by atoms with E-state index in [1.165, 1.54) is 0 Å². The van der Waals surface area contributed by atoms with Crippen LogP contribution in [0.15, 0.2) is 47.3 Å². The van der Waals surface area contributed by atoms with Crippen molar-refractivity contribution in [2.24, 2.45) is 0 Å². The van der Waals surface area contributed by atoms with Crippen molar-refractivity contribution < 1.29 is 14.6 Å². The number of aromatic carboxylic acids is 1. The lowest BCUT2D eigenvalue weighted by Crippen LogP contribution is -2.18. The molecular formula is C22H22N4O4. The highest BCUT2D eigenvalue weighted by Crippen LogP contribution is 2.35. The number of anilines is 2. The zero-order valence-corrected chi connectivity index (χ0v) is 16.2. The molecular weight excluding hydrogens is 384 g/mol. The first kappa shape index (κ1) is 19.5. The molecule has 30 heavy (non-hydrogen) atoms. The molecule has 1 aromatic heterocycles. The van der Waals surface area contributed by atoms with Crippen LogP contribution < -0.4 is 21.8 Å². The maximum Gasteiger partial charge on any atom is 0.335 e. The number of aromatic amines is 1. The van der Waals surface area contributed by atoms with Gasteiger partial charge in [0.1, 0.15) is 17.3 Å². The van der Waals surface area contributed by atoms with Gasteiger partial charge in [0.05, 0.1) is 17.2 Å². The smallest absolute Gasteiger partial charge is 0.335 e. The summed E-state index contributed by atoms with van der Waals surface area (Å²) in [5.74, 6) is -0.145. The second-order valence-corrected chi connectivity index (χ2v) is 7.33. The fourth-order valence-corrected chi connectivity index (χ4v) is 3.61. The molecule has 2 aromatic carbocycles. The number of benzene rings is 2. The average Bonchev–Trinajstić information content (AvgIpc) is 3.25. The fourth-order valence-electron chi connectivity index (χ4n) is 3.61. The quantitative estimate of drug-likeness (QED) is 0.509. The molecule has 154 valence electrons. The van der Waals surface area contributed by atoms with Crippen LogP contribution in [0.2, 0.25) is 0 Å². The minimum atomic E-state index is -0.974. The molecule has 0 atom stereocenters. The van der Waals surface area contributed by atoms with Gasteiger partial charge >= 0.3 is 5.97 Å². The molecule has 1 heterocycles. The number of aromatic nitrogens is 2. The monoisotopic (exact) mass is 406 g/mol. The molecule has 0 bridgehead atoms. The first-order valence-electron chi connectivity index (χ1n) is 9.72. The van der Waals surface area contributed by atoms with Gasteiger partial charge in [0, 0.05) is 0 Å². The van der Waals surface area contributed by atoms with E-state index in [1.54, 1.807) is 30.3 Å². The van der Waals surface area contributed by atoms with Crippen molar-refractivity contribution in [2.45, 2.75) is 31.8 Å². The number of H-pyrrole nitrogens is 1. The van der Waals surface area contributed by atoms with E-state index in [9.17, 15) is 9.59 Å². The van der Waals surface area contributed by atoms with Crippen molar-refractivity contribution in [1.29, 1.82) is 0 Å². The zero-order valence-electron chi connectivity index (χ0n) is 16.2. The van der Waals surface area contributed by atoms with Crippen LogP contribution in [0.25, 0.3) is 22.5 Å². The van der Waals surface area contributed by atoms with Gasteiger partial charge in [-0.1, -0.05) is 18.2 Å². The Balaban J connectivity index is 1.78. The number of nitrogens with one attached hydrogen (secondary N) is 1. The molecule has 1 aliphatic rings. The topological polar surface area (TPSA) is 144 Å². The van der Waals surface area contributed by atoms with Gasteiger partial charge in [-0.2, -0.15) is 0 Å². The third kappa shape index (κ3) is 3.84. The van der Waals surface area contributed by atoms with E-state index in [2.05, 4.69) is 9.97 Å². The van der Waals surface area contributed by atoms with E-state index in [-0.39, 0.29) is 29.0 Å². The lowest BCUT2D eigenvalue weighted by Gasteiger charge is -2.18. The van der Waals surface area contributed by atoms with Gasteiger partial charge in [0.25, 0.3) is 5.56 Å². The van der Waals surface area contributed by atoms with Crippen molar-refractivity contribution in [3.05, 3.63) is 58.4 Å². The van der Waals surface area contributed by atoms with Gasteiger partial charge in [-0.05, 0) is 61.1 Å². The molecule has 1 fully saturated rings. The molecule has 0 unspecified atom stereocenters. The molecule has 6 N–H and O–H groups in total. The van der Waals surface area contributed by atoms with E-state index in [4.69, 9.17) is 21.3 Å². The summed E-state index contributed by atoms with van der Waals surface area (Å²) in [5.41, 5.74) is 13.3. The Morgan fingerprint density at radius 1 is 1.07 bits per heavy atom. The predicted octanol–water partition coefficient (Wildman–Crippen LogP) is 3.29. The molecule has 8 nitrogen and oxygen atoms in total. The van der Waals surface area contributed by atoms with Crippen molar-refractivity contribution in [3.63, 3.8) is 0 Å². The van der Waals surface area contributed by atoms with Crippen LogP contribution in [0, 0.1) is 0 Å². The molecule has 0 radical (unpaired) electrons. The second-order valence-electron chi connectivity index (χ2n) is 7.33. The number of nitrogen functional groups attached to an aromatic ring is 2. The number of hydrogen-bond donors (Lipinski definition) is 4. The van der Waals surface area contributed by atoms with Crippen LogP contribution in [0.3, 0.4) is 0 Å². The van der Waals surface area contributed by atoms with Crippen LogP contribution in [0.5, 0.6) is 5.75 Å². The Labute approximate surface area is 172 Å². The zero-order chi connectivity index (χ0) is 21.3. The molecule has 0 spiro atoms. The highest BCUT2D eigenvalue weighted by molar-refractivity contribution is 5.88. The van der Waals surface area contributed by atoms with Crippen LogP contribution in [0.4, 0.5) is 11.5 Å². The van der Waals surface area contributed by atoms with Crippen LogP contribution >= 0.6 is 0 Å². The minimum absolute atomic E-state index is 0.0334. The Morgan fingerprint density at radius 3 is 2.37 bits per heavy atom. The normalized spacial score (nSPS) is 14.0. The number of carboxylic acids is 1. The maximum atomic E-state index is 12.1. The molecule has 4 rings (SSSR count). The number of ether oxygens (including phenoxy) is 1. The van der Waals surface area contributed by atoms with Gasteiger partial charge in [-0.3, -0.25) is 4.79 Å². The Hall–Kier alpha value is -3.81.